The van der Waals surface area contributed by atoms with E-state index in [2.05, 4.69) is 0 Å². The zero-order valence-corrected chi connectivity index (χ0v) is 16.8. The van der Waals surface area contributed by atoms with E-state index in [1.807, 2.05) is 0 Å². The van der Waals surface area contributed by atoms with Crippen LogP contribution in [-0.4, -0.2) is 68.7 Å². The van der Waals surface area contributed by atoms with Gasteiger partial charge in [0.2, 0.25) is 0 Å². The molecule has 2 fully saturated rings. The Hall–Kier alpha value is -2.46. The van der Waals surface area contributed by atoms with Crippen LogP contribution in [0.2, 0.25) is 0 Å². The third kappa shape index (κ3) is 10.4. The number of hydrogen-bond donors (Lipinski definition) is 4. The summed E-state index contributed by atoms with van der Waals surface area (Å²) in [6, 6.07) is 0. The highest BCUT2D eigenvalue weighted by molar-refractivity contribution is 5.91. The molecule has 4 N–H and O–H groups in total. The Kier molecular flexibility index (Phi) is 11.7. The minimum Gasteiger partial charge on any atom is -0.479 e. The first-order chi connectivity index (χ1) is 14.2. The van der Waals surface area contributed by atoms with Gasteiger partial charge in [-0.15, -0.1) is 0 Å². The summed E-state index contributed by atoms with van der Waals surface area (Å²) in [5.41, 5.74) is 0. The molecule has 0 unspecified atom stereocenters. The van der Waals surface area contributed by atoms with E-state index in [1.54, 1.807) is 0 Å². The smallest absolute Gasteiger partial charge is 0.335 e. The van der Waals surface area contributed by atoms with Crippen LogP contribution in [0.25, 0.3) is 0 Å². The van der Waals surface area contributed by atoms with E-state index < -0.39 is 36.1 Å². The van der Waals surface area contributed by atoms with E-state index >= 15 is 0 Å². The molecule has 30 heavy (non-hydrogen) atoms. The minimum absolute atomic E-state index is 0.0234. The maximum Gasteiger partial charge on any atom is 0.335 e. The summed E-state index contributed by atoms with van der Waals surface area (Å²) in [7, 11) is 0. The average molecular weight is 430 g/mol. The summed E-state index contributed by atoms with van der Waals surface area (Å²) in [6.45, 7) is 0. The molecule has 170 valence electrons. The zero-order valence-electron chi connectivity index (χ0n) is 16.8. The lowest BCUT2D eigenvalue weighted by Crippen LogP contribution is -2.39. The summed E-state index contributed by atoms with van der Waals surface area (Å²) in [6.07, 6.45) is 8.55. The summed E-state index contributed by atoms with van der Waals surface area (Å²) in [4.78, 5) is 42.7. The Labute approximate surface area is 174 Å². The number of esters is 2. The molecule has 2 atom stereocenters. The third-order valence-corrected chi connectivity index (χ3v) is 4.83. The Morgan fingerprint density at radius 2 is 0.933 bits per heavy atom. The number of carbonyl (C=O) groups excluding carboxylic acids is 2. The quantitative estimate of drug-likeness (QED) is 0.340. The molecule has 2 aliphatic carbocycles. The Bertz CT molecular complexity index is 551. The molecule has 0 aromatic heterocycles. The van der Waals surface area contributed by atoms with Crippen molar-refractivity contribution in [2.75, 3.05) is 0 Å². The van der Waals surface area contributed by atoms with E-state index in [9.17, 15) is 19.2 Å². The Morgan fingerprint density at radius 1 is 0.633 bits per heavy atom. The molecule has 2 rings (SSSR count). The van der Waals surface area contributed by atoms with Gasteiger partial charge in [-0.3, -0.25) is 0 Å². The maximum atomic E-state index is 11.6. The summed E-state index contributed by atoms with van der Waals surface area (Å²) in [5, 5.41) is 32.5. The average Bonchev–Trinajstić information content (AvgIpc) is 2.73. The standard InChI is InChI=1S/C16H24O4.C4H6O6/c17-15(19-13-7-3-1-4-8-13)11-12-16(18)20-14-9-5-2-6-10-14;5-1(3(7)8)2(6)4(9)10/h11-14H,1-10H2;1-2,5-6H,(H,7,8)(H,9,10)/b12-11-;/t;1-,2-/m.1/s1. The van der Waals surface area contributed by atoms with Gasteiger partial charge in [-0.25, -0.2) is 19.2 Å². The van der Waals surface area contributed by atoms with Gasteiger partial charge in [0, 0.05) is 12.2 Å². The van der Waals surface area contributed by atoms with E-state index in [0.29, 0.717) is 0 Å². The van der Waals surface area contributed by atoms with Gasteiger partial charge in [0.25, 0.3) is 0 Å². The monoisotopic (exact) mass is 430 g/mol. The van der Waals surface area contributed by atoms with Crippen LogP contribution in [0.4, 0.5) is 0 Å². The number of carbonyl (C=O) groups is 4. The SMILES string of the molecule is O=C(/C=C\C(=O)OC1CCCCC1)OC1CCCCC1.O=C(O)[C@H](O)[C@@H](O)C(=O)O. The van der Waals surface area contributed by atoms with Crippen molar-refractivity contribution in [1.29, 1.82) is 0 Å². The first-order valence-corrected chi connectivity index (χ1v) is 10.1. The molecule has 0 bridgehead atoms. The second kappa shape index (κ2) is 13.7. The largest absolute Gasteiger partial charge is 0.479 e. The first-order valence-electron chi connectivity index (χ1n) is 10.1. The Morgan fingerprint density at radius 3 is 1.20 bits per heavy atom. The molecule has 10 nitrogen and oxygen atoms in total. The predicted molar refractivity (Wildman–Crippen MR) is 102 cm³/mol. The fourth-order valence-electron chi connectivity index (χ4n) is 3.18. The van der Waals surface area contributed by atoms with Gasteiger partial charge in [0.15, 0.2) is 12.2 Å². The molecule has 0 amide bonds. The minimum atomic E-state index is -2.27. The van der Waals surface area contributed by atoms with Crippen molar-refractivity contribution < 1.29 is 49.1 Å². The fraction of sp³-hybridized carbons (Fsp3) is 0.700. The molecule has 0 aliphatic heterocycles. The number of carboxylic acid groups (broad SMARTS) is 2. The summed E-state index contributed by atoms with van der Waals surface area (Å²) < 4.78 is 10.6. The summed E-state index contributed by atoms with van der Waals surface area (Å²) in [5.74, 6) is -4.40. The van der Waals surface area contributed by atoms with Gasteiger partial charge in [0.1, 0.15) is 12.2 Å². The van der Waals surface area contributed by atoms with Crippen LogP contribution < -0.4 is 0 Å². The number of aliphatic carboxylic acids is 2. The molecule has 0 heterocycles. The molecule has 0 aromatic carbocycles. The van der Waals surface area contributed by atoms with E-state index in [1.165, 1.54) is 25.0 Å². The van der Waals surface area contributed by atoms with Crippen LogP contribution in [0.3, 0.4) is 0 Å². The number of rotatable bonds is 7. The van der Waals surface area contributed by atoms with Gasteiger partial charge in [-0.2, -0.15) is 0 Å². The van der Waals surface area contributed by atoms with Crippen LogP contribution >= 0.6 is 0 Å². The van der Waals surface area contributed by atoms with Gasteiger partial charge >= 0.3 is 23.9 Å². The van der Waals surface area contributed by atoms with Crippen molar-refractivity contribution in [2.45, 2.75) is 88.6 Å². The molecular formula is C20H30O10. The van der Waals surface area contributed by atoms with Gasteiger partial charge in [-0.05, 0) is 51.4 Å². The molecule has 0 aromatic rings. The van der Waals surface area contributed by atoms with Crippen molar-refractivity contribution in [3.05, 3.63) is 12.2 Å². The number of carboxylic acids is 2. The first kappa shape index (κ1) is 25.6. The molecule has 0 saturated heterocycles. The normalized spacial score (nSPS) is 19.8. The van der Waals surface area contributed by atoms with Crippen LogP contribution in [0.15, 0.2) is 12.2 Å². The molecule has 0 spiro atoms. The molecule has 2 aliphatic rings. The highest BCUT2D eigenvalue weighted by Gasteiger charge is 2.29. The van der Waals surface area contributed by atoms with Crippen molar-refractivity contribution in [1.82, 2.24) is 0 Å². The highest BCUT2D eigenvalue weighted by atomic mass is 16.5. The number of aliphatic hydroxyl groups is 2. The Balaban J connectivity index is 0.000000382. The fourth-order valence-corrected chi connectivity index (χ4v) is 3.18. The van der Waals surface area contributed by atoms with Gasteiger partial charge < -0.3 is 29.9 Å². The van der Waals surface area contributed by atoms with Gasteiger partial charge in [-0.1, -0.05) is 12.8 Å². The van der Waals surface area contributed by atoms with Crippen LogP contribution in [-0.2, 0) is 28.7 Å². The lowest BCUT2D eigenvalue weighted by Gasteiger charge is -2.21. The van der Waals surface area contributed by atoms with E-state index in [4.69, 9.17) is 29.9 Å². The van der Waals surface area contributed by atoms with Crippen molar-refractivity contribution in [2.24, 2.45) is 0 Å². The van der Waals surface area contributed by atoms with Crippen LogP contribution in [0.1, 0.15) is 64.2 Å². The molecule has 2 saturated carbocycles. The highest BCUT2D eigenvalue weighted by Crippen LogP contribution is 2.21. The lowest BCUT2D eigenvalue weighted by molar-refractivity contribution is -0.165. The maximum absolute atomic E-state index is 11.6. The third-order valence-electron chi connectivity index (χ3n) is 4.83. The zero-order chi connectivity index (χ0) is 22.5. The van der Waals surface area contributed by atoms with E-state index in [-0.39, 0.29) is 12.2 Å². The second-order valence-corrected chi connectivity index (χ2v) is 7.29. The van der Waals surface area contributed by atoms with Crippen LogP contribution in [0, 0.1) is 0 Å². The van der Waals surface area contributed by atoms with E-state index in [0.717, 1.165) is 51.4 Å². The second-order valence-electron chi connectivity index (χ2n) is 7.29. The van der Waals surface area contributed by atoms with Crippen molar-refractivity contribution >= 4 is 23.9 Å². The number of hydrogen-bond acceptors (Lipinski definition) is 8. The van der Waals surface area contributed by atoms with Crippen LogP contribution in [0.5, 0.6) is 0 Å². The molecule has 0 radical (unpaired) electrons. The number of aliphatic hydroxyl groups excluding tert-OH is 2. The summed E-state index contributed by atoms with van der Waals surface area (Å²) >= 11 is 0. The lowest BCUT2D eigenvalue weighted by atomic mass is 9.98. The van der Waals surface area contributed by atoms with Gasteiger partial charge in [0.05, 0.1) is 0 Å². The topological polar surface area (TPSA) is 168 Å². The molecular weight excluding hydrogens is 400 g/mol. The van der Waals surface area contributed by atoms with Crippen molar-refractivity contribution in [3.63, 3.8) is 0 Å². The number of ether oxygens (including phenoxy) is 2. The van der Waals surface area contributed by atoms with Crippen molar-refractivity contribution in [3.8, 4) is 0 Å². The predicted octanol–water partition coefficient (Wildman–Crippen LogP) is 1.17. The molecule has 10 heteroatoms.